The van der Waals surface area contributed by atoms with E-state index in [1.54, 1.807) is 0 Å². The van der Waals surface area contributed by atoms with Crippen molar-refractivity contribution in [1.82, 2.24) is 14.7 Å². The summed E-state index contributed by atoms with van der Waals surface area (Å²) < 4.78 is 5.49. The number of nitrogens with zero attached hydrogens (tertiary/aromatic N) is 3. The van der Waals surface area contributed by atoms with Gasteiger partial charge in [-0.25, -0.2) is 0 Å². The molecule has 3 aliphatic rings. The van der Waals surface area contributed by atoms with Crippen molar-refractivity contribution in [2.75, 3.05) is 52.9 Å². The number of carbonyl (C=O) groups excluding carboxylic acids is 1. The van der Waals surface area contributed by atoms with Crippen molar-refractivity contribution in [2.45, 2.75) is 51.6 Å². The second-order valence-electron chi connectivity index (χ2n) is 9.87. The number of aldehydes is 1. The fraction of sp³-hybridized carbons (Fsp3) is 0.552. The zero-order valence-electron chi connectivity index (χ0n) is 21.0. The van der Waals surface area contributed by atoms with Crippen LogP contribution in [-0.4, -0.2) is 80.0 Å². The first kappa shape index (κ1) is 24.9. The molecule has 5 rings (SSSR count). The molecule has 0 aromatic heterocycles. The molecule has 5 heteroatoms. The fourth-order valence-corrected chi connectivity index (χ4v) is 5.42. The summed E-state index contributed by atoms with van der Waals surface area (Å²) in [5.74, 6) is 0.911. The summed E-state index contributed by atoms with van der Waals surface area (Å²) in [6, 6.07) is 15.8. The van der Waals surface area contributed by atoms with Crippen molar-refractivity contribution in [3.63, 3.8) is 0 Å². The van der Waals surface area contributed by atoms with Gasteiger partial charge >= 0.3 is 0 Å². The first-order valence-electron chi connectivity index (χ1n) is 13.1. The third-order valence-electron chi connectivity index (χ3n) is 7.51. The van der Waals surface area contributed by atoms with Crippen molar-refractivity contribution in [3.8, 4) is 16.9 Å². The van der Waals surface area contributed by atoms with Crippen LogP contribution >= 0.6 is 0 Å². The van der Waals surface area contributed by atoms with E-state index in [9.17, 15) is 4.79 Å². The van der Waals surface area contributed by atoms with E-state index in [4.69, 9.17) is 4.74 Å². The van der Waals surface area contributed by atoms with Crippen LogP contribution in [0.3, 0.4) is 0 Å². The zero-order chi connectivity index (χ0) is 23.8. The monoisotopic (exact) mass is 463 g/mol. The summed E-state index contributed by atoms with van der Waals surface area (Å²) in [7, 11) is 2.23. The molecule has 2 fully saturated rings. The van der Waals surface area contributed by atoms with Crippen LogP contribution in [0, 0.1) is 0 Å². The lowest BCUT2D eigenvalue weighted by Crippen LogP contribution is -2.48. The maximum atomic E-state index is 10.6. The Kier molecular flexibility index (Phi) is 9.14. The lowest BCUT2D eigenvalue weighted by Gasteiger charge is -2.36. The topological polar surface area (TPSA) is 36.0 Å². The van der Waals surface area contributed by atoms with Gasteiger partial charge in [0.05, 0.1) is 13.2 Å². The minimum Gasteiger partial charge on any atom is -0.494 e. The molecule has 184 valence electrons. The summed E-state index contributed by atoms with van der Waals surface area (Å²) in [5.41, 5.74) is 5.18. The van der Waals surface area contributed by atoms with E-state index in [1.807, 2.05) is 19.1 Å². The highest BCUT2D eigenvalue weighted by Crippen LogP contribution is 2.28. The third-order valence-corrected chi connectivity index (χ3v) is 7.51. The van der Waals surface area contributed by atoms with Gasteiger partial charge in [-0.1, -0.05) is 43.2 Å². The summed E-state index contributed by atoms with van der Waals surface area (Å²) in [4.78, 5) is 18.0. The van der Waals surface area contributed by atoms with Gasteiger partial charge in [0.15, 0.2) is 0 Å². The average molecular weight is 464 g/mol. The van der Waals surface area contributed by atoms with E-state index in [0.717, 1.165) is 37.6 Å². The molecule has 0 N–H and O–H groups in total. The van der Waals surface area contributed by atoms with Gasteiger partial charge in [0, 0.05) is 45.3 Å². The van der Waals surface area contributed by atoms with Gasteiger partial charge in [0.2, 0.25) is 0 Å². The molecule has 5 nitrogen and oxygen atoms in total. The van der Waals surface area contributed by atoms with Gasteiger partial charge in [-0.05, 0) is 67.6 Å². The average Bonchev–Trinajstić information content (AvgIpc) is 3.41. The molecular formula is C29H41N3O2. The molecule has 0 bridgehead atoms. The van der Waals surface area contributed by atoms with E-state index in [2.05, 4.69) is 52.1 Å². The Hall–Kier alpha value is -2.21. The molecule has 1 saturated carbocycles. The first-order chi connectivity index (χ1) is 16.7. The van der Waals surface area contributed by atoms with Gasteiger partial charge in [-0.3, -0.25) is 9.80 Å². The zero-order valence-corrected chi connectivity index (χ0v) is 21.0. The Bertz CT molecular complexity index is 900. The van der Waals surface area contributed by atoms with Crippen molar-refractivity contribution in [1.29, 1.82) is 0 Å². The summed E-state index contributed by atoms with van der Waals surface area (Å²) >= 11 is 0. The molecule has 0 radical (unpaired) electrons. The minimum absolute atomic E-state index is 0.528. The number of hydrogen-bond donors (Lipinski definition) is 0. The highest BCUT2D eigenvalue weighted by molar-refractivity contribution is 5.66. The third kappa shape index (κ3) is 6.68. The number of piperazine rings is 1. The molecular weight excluding hydrogens is 422 g/mol. The quantitative estimate of drug-likeness (QED) is 0.590. The van der Waals surface area contributed by atoms with Crippen LogP contribution < -0.4 is 4.74 Å². The molecule has 34 heavy (non-hydrogen) atoms. The number of ether oxygens (including phenoxy) is 1. The van der Waals surface area contributed by atoms with Gasteiger partial charge < -0.3 is 14.4 Å². The molecule has 0 spiro atoms. The Morgan fingerprint density at radius 2 is 1.62 bits per heavy atom. The lowest BCUT2D eigenvalue weighted by atomic mass is 9.94. The largest absolute Gasteiger partial charge is 0.494 e. The fourth-order valence-electron chi connectivity index (χ4n) is 5.42. The minimum atomic E-state index is 0.528. The normalized spacial score (nSPS) is 19.8. The standard InChI is InChI=1S/C19H21NO2.C10H20N2/c1-2-22-19-7-5-15(6-8-19)16-3-4-18-14-20(11-12-21)10-9-17(18)13-16;1-11-6-8-12(9-7-11)10-4-2-3-5-10/h3-8,12-13H,2,9-11,14H2,1H3;10H,2-9H2,1H3. The van der Waals surface area contributed by atoms with Gasteiger partial charge in [0.1, 0.15) is 12.0 Å². The van der Waals surface area contributed by atoms with E-state index in [-0.39, 0.29) is 0 Å². The highest BCUT2D eigenvalue weighted by atomic mass is 16.5. The van der Waals surface area contributed by atoms with Gasteiger partial charge in [0.25, 0.3) is 0 Å². The van der Waals surface area contributed by atoms with Crippen molar-refractivity contribution in [3.05, 3.63) is 53.6 Å². The Balaban J connectivity index is 0.000000192. The Morgan fingerprint density at radius 1 is 0.912 bits per heavy atom. The van der Waals surface area contributed by atoms with Gasteiger partial charge in [-0.2, -0.15) is 0 Å². The van der Waals surface area contributed by atoms with E-state index in [1.165, 1.54) is 74.1 Å². The van der Waals surface area contributed by atoms with Crippen molar-refractivity contribution < 1.29 is 9.53 Å². The number of rotatable bonds is 6. The van der Waals surface area contributed by atoms with Crippen molar-refractivity contribution in [2.24, 2.45) is 0 Å². The van der Waals surface area contributed by atoms with Crippen LogP contribution in [-0.2, 0) is 17.8 Å². The van der Waals surface area contributed by atoms with E-state index >= 15 is 0 Å². The smallest absolute Gasteiger partial charge is 0.133 e. The predicted molar refractivity (Wildman–Crippen MR) is 139 cm³/mol. The molecule has 0 atom stereocenters. The van der Waals surface area contributed by atoms with Crippen LogP contribution in [0.15, 0.2) is 42.5 Å². The molecule has 1 aliphatic carbocycles. The second kappa shape index (κ2) is 12.5. The Labute approximate surface area is 205 Å². The van der Waals surface area contributed by atoms with E-state index < -0.39 is 0 Å². The predicted octanol–water partition coefficient (Wildman–Crippen LogP) is 4.49. The molecule has 2 aromatic rings. The van der Waals surface area contributed by atoms with E-state index in [0.29, 0.717) is 13.2 Å². The number of fused-ring (bicyclic) bond motifs is 1. The second-order valence-corrected chi connectivity index (χ2v) is 9.87. The number of hydrogen-bond acceptors (Lipinski definition) is 5. The summed E-state index contributed by atoms with van der Waals surface area (Å²) in [5, 5.41) is 0. The molecule has 0 unspecified atom stereocenters. The SMILES string of the molecule is CCOc1ccc(-c2ccc3c(c2)CCN(CC=O)C3)cc1.CN1CCN(C2CCCC2)CC1. The van der Waals surface area contributed by atoms with Crippen molar-refractivity contribution >= 4 is 6.29 Å². The van der Waals surface area contributed by atoms with Crippen LogP contribution in [0.25, 0.3) is 11.1 Å². The molecule has 2 aliphatic heterocycles. The lowest BCUT2D eigenvalue weighted by molar-refractivity contribution is -0.109. The number of carbonyl (C=O) groups is 1. The maximum absolute atomic E-state index is 10.6. The number of likely N-dealkylation sites (N-methyl/N-ethyl adjacent to an activating group) is 1. The molecule has 0 amide bonds. The summed E-state index contributed by atoms with van der Waals surface area (Å²) in [6.07, 6.45) is 7.86. The van der Waals surface area contributed by atoms with Gasteiger partial charge in [-0.15, -0.1) is 0 Å². The van der Waals surface area contributed by atoms with Crippen LogP contribution in [0.4, 0.5) is 0 Å². The summed E-state index contributed by atoms with van der Waals surface area (Å²) in [6.45, 7) is 10.2. The molecule has 2 aromatic carbocycles. The van der Waals surface area contributed by atoms with Crippen LogP contribution in [0.5, 0.6) is 5.75 Å². The van der Waals surface area contributed by atoms with Crippen LogP contribution in [0.2, 0.25) is 0 Å². The maximum Gasteiger partial charge on any atom is 0.133 e. The molecule has 1 saturated heterocycles. The number of benzene rings is 2. The highest BCUT2D eigenvalue weighted by Gasteiger charge is 2.24. The first-order valence-corrected chi connectivity index (χ1v) is 13.1. The molecule has 2 heterocycles. The Morgan fingerprint density at radius 3 is 2.29 bits per heavy atom. The van der Waals surface area contributed by atoms with Crippen LogP contribution in [0.1, 0.15) is 43.7 Å².